The number of aliphatic carboxylic acids is 2. The molecule has 0 aliphatic rings. The van der Waals surface area contributed by atoms with Gasteiger partial charge in [-0.3, -0.25) is 68.1 Å². The van der Waals surface area contributed by atoms with Gasteiger partial charge in [-0.1, -0.05) is 17.3 Å². The van der Waals surface area contributed by atoms with Crippen LogP contribution in [0.5, 0.6) is 0 Å². The number of nitrogens with two attached hydrogens (primary N) is 2. The lowest BCUT2D eigenvalue weighted by Crippen LogP contribution is -2.42. The van der Waals surface area contributed by atoms with Gasteiger partial charge in [0.05, 0.1) is 54.3 Å². The van der Waals surface area contributed by atoms with Crippen LogP contribution in [0.1, 0.15) is 98.7 Å². The highest BCUT2D eigenvalue weighted by Gasteiger charge is 2.25. The summed E-state index contributed by atoms with van der Waals surface area (Å²) in [5.74, 6) is -6.04. The lowest BCUT2D eigenvalue weighted by atomic mass is 10.1. The smallest absolute Gasteiger partial charge is 0.326 e. The fraction of sp³-hybridized carbons (Fsp3) is 0.319. The number of nitrogens with zero attached hydrogens (tertiary/aromatic N) is 13. The first kappa shape index (κ1) is 79.2. The van der Waals surface area contributed by atoms with Crippen LogP contribution < -0.4 is 80.8 Å². The third kappa shape index (κ3) is 25.1. The summed E-state index contributed by atoms with van der Waals surface area (Å²) < 4.78 is 1.60. The molecule has 6 heterocycles. The summed E-state index contributed by atoms with van der Waals surface area (Å²) in [4.78, 5) is 178. The van der Waals surface area contributed by atoms with Crippen LogP contribution in [0.4, 0.5) is 34.8 Å². The molecule has 0 saturated carbocycles. The predicted octanol–water partition coefficient (Wildman–Crippen LogP) is -0.179. The average molecular weight is 1500 g/mol. The summed E-state index contributed by atoms with van der Waals surface area (Å²) in [6, 6.07) is 20.5. The molecule has 2 unspecified atom stereocenters. The number of fused-ring (bicyclic) bond motifs is 2. The number of carbonyl (C=O) groups excluding carboxylic acids is 7. The molecule has 40 nitrogen and oxygen atoms in total. The molecule has 0 bridgehead atoms. The van der Waals surface area contributed by atoms with E-state index in [2.05, 4.69) is 114 Å². The number of nitrogens with one attached hydrogen (secondary N) is 12. The number of aromatic nitrogens is 12. The zero-order chi connectivity index (χ0) is 77.8. The number of carboxylic acids is 2. The molecule has 109 heavy (non-hydrogen) atoms. The summed E-state index contributed by atoms with van der Waals surface area (Å²) >= 11 is 0. The van der Waals surface area contributed by atoms with Crippen LogP contribution in [0.2, 0.25) is 0 Å². The number of anilines is 6. The van der Waals surface area contributed by atoms with Gasteiger partial charge < -0.3 is 74.4 Å². The van der Waals surface area contributed by atoms with Gasteiger partial charge in [0.1, 0.15) is 17.9 Å². The maximum atomic E-state index is 13.2. The number of benzene rings is 3. The van der Waals surface area contributed by atoms with Crippen LogP contribution in [0.25, 0.3) is 22.3 Å². The Bertz CT molecular complexity index is 4630. The summed E-state index contributed by atoms with van der Waals surface area (Å²) in [6.45, 7) is 1.44. The third-order valence-electron chi connectivity index (χ3n) is 16.2. The normalized spacial score (nSPS) is 11.7. The van der Waals surface area contributed by atoms with Crippen molar-refractivity contribution in [2.24, 2.45) is 5.10 Å². The molecule has 570 valence electrons. The number of hydrazone groups is 1. The van der Waals surface area contributed by atoms with Crippen LogP contribution in [0.3, 0.4) is 0 Å². The number of H-pyrrole nitrogens is 2. The third-order valence-corrected chi connectivity index (χ3v) is 16.2. The molecule has 40 heteroatoms. The molecule has 9 rings (SSSR count). The Labute approximate surface area is 620 Å². The summed E-state index contributed by atoms with van der Waals surface area (Å²) in [5, 5.41) is 57.2. The molecule has 0 fully saturated rings. The first-order valence-electron chi connectivity index (χ1n) is 34.2. The molecule has 0 spiro atoms. The van der Waals surface area contributed by atoms with Gasteiger partial charge in [-0.05, 0) is 97.6 Å². The topological polar surface area (TPSA) is 572 Å². The highest BCUT2D eigenvalue weighted by Crippen LogP contribution is 2.17. The molecule has 9 aromatic rings. The van der Waals surface area contributed by atoms with E-state index in [1.807, 2.05) is 48.2 Å². The molecule has 2 atom stereocenters. The van der Waals surface area contributed by atoms with Crippen molar-refractivity contribution in [2.45, 2.75) is 83.2 Å². The van der Waals surface area contributed by atoms with Crippen LogP contribution in [0, 0.1) is 0 Å². The van der Waals surface area contributed by atoms with E-state index in [0.29, 0.717) is 59.3 Å². The minimum Gasteiger partial charge on any atom is -0.480 e. The van der Waals surface area contributed by atoms with E-state index in [4.69, 9.17) is 11.5 Å². The number of aromatic amines is 2. The fourth-order valence-corrected chi connectivity index (χ4v) is 10.4. The second-order valence-electron chi connectivity index (χ2n) is 24.7. The number of carboxylic acid groups (broad SMARTS) is 2. The Balaban J connectivity index is 0.689. The fourth-order valence-electron chi connectivity index (χ4n) is 10.4. The van der Waals surface area contributed by atoms with Crippen molar-refractivity contribution in [1.82, 2.24) is 102 Å². The van der Waals surface area contributed by atoms with Crippen molar-refractivity contribution in [3.05, 3.63) is 170 Å². The number of pyridine rings is 1. The molecule has 0 aliphatic carbocycles. The number of nitrogen functional groups attached to an aromatic ring is 2. The minimum absolute atomic E-state index is 0.00964. The highest BCUT2D eigenvalue weighted by molar-refractivity contribution is 5.98. The van der Waals surface area contributed by atoms with Crippen LogP contribution in [0.15, 0.2) is 124 Å². The van der Waals surface area contributed by atoms with Gasteiger partial charge in [-0.15, -0.1) is 5.10 Å². The minimum atomic E-state index is -1.42. The van der Waals surface area contributed by atoms with Crippen molar-refractivity contribution < 1.29 is 53.4 Å². The van der Waals surface area contributed by atoms with E-state index in [0.717, 1.165) is 11.3 Å². The van der Waals surface area contributed by atoms with E-state index in [1.165, 1.54) is 42.9 Å². The number of amides is 7. The Morgan fingerprint density at radius 1 is 0.550 bits per heavy atom. The molecular weight excluding hydrogens is 1410 g/mol. The van der Waals surface area contributed by atoms with Crippen molar-refractivity contribution in [1.29, 1.82) is 0 Å². The van der Waals surface area contributed by atoms with Crippen molar-refractivity contribution >= 4 is 117 Å². The lowest BCUT2D eigenvalue weighted by Gasteiger charge is -2.21. The van der Waals surface area contributed by atoms with Gasteiger partial charge in [0.15, 0.2) is 22.3 Å². The monoisotopic (exact) mass is 1500 g/mol. The standard InChI is InChI=1S/C69H81N27O13/c1-94(2)49-15-4-40(5-16-49)32-82-92-52-19-10-43(33-79-52)61(101)76-24-3-29-96-39-48(91-93-96)38-95(30-22-55(99)74-27-25-72-53(97)20-17-50(66(106)107)85-62(102)41-6-11-44(12-7-41)77-34-46-36-80-59-57(83-46)64(104)89-68(70)87-59)31-23-56(100)75-28-26-73-54(98)21-18-51(67(108)109)86-63(103)42-8-13-45(14-9-42)78-35-47-37-81-60-58(84-47)65(105)90-69(71)88-60/h4-16,19,32-33,36-37,39,50-51,77-78H,3,17-18,20-31,34-35,38H2,1-2H3,(H,72,97)(H,73,98)(H,74,99)(H,75,100)(H,76,101)(H,79,92)(H,85,102)(H,86,103)(H,106,107)(H,108,109)(H3,70,80,87,89,104)(H3,71,81,88,90,105)/b82-32+. The molecule has 0 saturated heterocycles. The predicted molar refractivity (Wildman–Crippen MR) is 398 cm³/mol. The summed E-state index contributed by atoms with van der Waals surface area (Å²) in [6.07, 6.45) is 7.00. The maximum absolute atomic E-state index is 13.2. The van der Waals surface area contributed by atoms with E-state index < -0.39 is 70.6 Å². The lowest BCUT2D eigenvalue weighted by molar-refractivity contribution is -0.140. The van der Waals surface area contributed by atoms with E-state index >= 15 is 0 Å². The molecule has 18 N–H and O–H groups in total. The Morgan fingerprint density at radius 2 is 1.03 bits per heavy atom. The number of carbonyl (C=O) groups is 9. The summed E-state index contributed by atoms with van der Waals surface area (Å²) in [7, 11) is 3.92. The van der Waals surface area contributed by atoms with Crippen molar-refractivity contribution in [2.75, 3.05) is 92.3 Å². The van der Waals surface area contributed by atoms with Gasteiger partial charge >= 0.3 is 11.9 Å². The number of hydrogen-bond acceptors (Lipinski definition) is 28. The molecule has 0 radical (unpaired) electrons. The van der Waals surface area contributed by atoms with Gasteiger partial charge in [-0.2, -0.15) is 15.1 Å². The molecule has 3 aromatic carbocycles. The molecule has 0 aliphatic heterocycles. The number of aryl methyl sites for hydroxylation is 1. The quantitative estimate of drug-likeness (QED) is 0.0134. The zero-order valence-corrected chi connectivity index (χ0v) is 59.2. The van der Waals surface area contributed by atoms with E-state index in [-0.39, 0.29) is 149 Å². The van der Waals surface area contributed by atoms with E-state index in [9.17, 15) is 63.0 Å². The molecular formula is C69H81N27O13. The Kier molecular flexibility index (Phi) is 28.5. The molecule has 6 aromatic heterocycles. The van der Waals surface area contributed by atoms with E-state index in [1.54, 1.807) is 53.5 Å². The van der Waals surface area contributed by atoms with Crippen molar-refractivity contribution in [3.63, 3.8) is 0 Å². The van der Waals surface area contributed by atoms with Crippen LogP contribution in [-0.2, 0) is 54.9 Å². The summed E-state index contributed by atoms with van der Waals surface area (Å²) in [5.41, 5.74) is 18.2. The van der Waals surface area contributed by atoms with Gasteiger partial charge in [0.25, 0.3) is 28.8 Å². The first-order valence-corrected chi connectivity index (χ1v) is 34.2. The average Bonchev–Trinajstić information content (AvgIpc) is 1.45. The van der Waals surface area contributed by atoms with Crippen LogP contribution in [-0.4, -0.2) is 206 Å². The highest BCUT2D eigenvalue weighted by atomic mass is 16.4. The first-order chi connectivity index (χ1) is 52.5. The van der Waals surface area contributed by atoms with Gasteiger partial charge in [0.2, 0.25) is 35.5 Å². The van der Waals surface area contributed by atoms with Gasteiger partial charge in [-0.25, -0.2) is 34.5 Å². The second-order valence-corrected chi connectivity index (χ2v) is 24.7. The molecule has 7 amide bonds. The second kappa shape index (κ2) is 39.2. The number of rotatable bonds is 41. The Hall–Kier alpha value is -14.0. The van der Waals surface area contributed by atoms with Crippen LogP contribution >= 0.6 is 0 Å². The SMILES string of the molecule is CN(C)c1ccc(/C=N/Nc2ccc(C(=O)NCCCn3cc(CN(CCC(=O)NCCNC(=O)CCC(NC(=O)c4ccc(NCc5cnc6nc(N)[nH]c(=O)c6n5)cc4)C(=O)O)CCC(=O)NCCNC(=O)CCC(NC(=O)c4ccc(NCc5cnc6nc(N)[nH]c(=O)c6n5)cc4)C(=O)O)nn3)cn2)cc1. The maximum Gasteiger partial charge on any atom is 0.326 e. The Morgan fingerprint density at radius 3 is 1.49 bits per heavy atom. The number of hydrogen-bond donors (Lipinski definition) is 16. The van der Waals surface area contributed by atoms with Crippen molar-refractivity contribution in [3.8, 4) is 0 Å². The largest absolute Gasteiger partial charge is 0.480 e. The van der Waals surface area contributed by atoms with Gasteiger partial charge in [0, 0.05) is 139 Å². The zero-order valence-electron chi connectivity index (χ0n) is 59.2.